The molecule has 0 aliphatic heterocycles. The van der Waals surface area contributed by atoms with E-state index in [1.807, 2.05) is 41.5 Å². The molecule has 0 radical (unpaired) electrons. The first-order valence-corrected chi connectivity index (χ1v) is 11.6. The van der Waals surface area contributed by atoms with Crippen LogP contribution in [0.15, 0.2) is 46.0 Å². The molecule has 0 spiro atoms. The Balaban J connectivity index is 2.23. The maximum atomic E-state index is 13.5. The highest BCUT2D eigenvalue weighted by Crippen LogP contribution is 2.40. The zero-order valence-corrected chi connectivity index (χ0v) is 21.9. The van der Waals surface area contributed by atoms with Crippen LogP contribution in [0.4, 0.5) is 15.9 Å². The number of halogens is 1. The van der Waals surface area contributed by atoms with Crippen molar-refractivity contribution in [1.82, 2.24) is 9.13 Å². The minimum atomic E-state index is -0.707. The average molecular weight is 497 g/mol. The van der Waals surface area contributed by atoms with Gasteiger partial charge in [-0.2, -0.15) is 0 Å². The van der Waals surface area contributed by atoms with E-state index < -0.39 is 33.8 Å². The van der Waals surface area contributed by atoms with Gasteiger partial charge in [0.1, 0.15) is 23.1 Å². The van der Waals surface area contributed by atoms with Gasteiger partial charge in [0.2, 0.25) is 0 Å². The van der Waals surface area contributed by atoms with Crippen molar-refractivity contribution in [2.75, 3.05) is 17.7 Å². The van der Waals surface area contributed by atoms with Gasteiger partial charge in [-0.15, -0.1) is 0 Å². The molecule has 0 aliphatic carbocycles. The third-order valence-electron chi connectivity index (χ3n) is 6.01. The Morgan fingerprint density at radius 2 is 1.44 bits per heavy atom. The molecular weight excluding hydrogens is 463 g/mol. The van der Waals surface area contributed by atoms with Gasteiger partial charge in [-0.25, -0.2) is 13.8 Å². The fourth-order valence-corrected chi connectivity index (χ4v) is 3.99. The number of phenolic OH excluding ortho intramolecular Hbond substituents is 1. The average Bonchev–Trinajstić information content (AvgIpc) is 2.78. The Bertz CT molecular complexity index is 1400. The lowest BCUT2D eigenvalue weighted by Crippen LogP contribution is -2.40. The highest BCUT2D eigenvalue weighted by Gasteiger charge is 2.28. The van der Waals surface area contributed by atoms with Gasteiger partial charge >= 0.3 is 5.69 Å². The molecule has 1 aromatic heterocycles. The predicted molar refractivity (Wildman–Crippen MR) is 140 cm³/mol. The quantitative estimate of drug-likeness (QED) is 0.500. The molecule has 8 nitrogen and oxygen atoms in total. The van der Waals surface area contributed by atoms with Crippen molar-refractivity contribution in [1.29, 1.82) is 0 Å². The normalized spacial score (nSPS) is 11.9. The van der Waals surface area contributed by atoms with E-state index in [0.717, 1.165) is 4.57 Å². The molecule has 2 aromatic carbocycles. The SMILES string of the molecule is CNc1c(NC(=O)c2cc(C(C)(C)C)c(O)c(C(C)(C)C)c2)c(=O)n(C)c(=O)n1-c1ccc(F)cc1. The maximum absolute atomic E-state index is 13.5. The number of carbonyl (C=O) groups is 1. The summed E-state index contributed by atoms with van der Waals surface area (Å²) in [5, 5.41) is 16.5. The van der Waals surface area contributed by atoms with E-state index in [2.05, 4.69) is 10.6 Å². The molecule has 0 aliphatic rings. The summed E-state index contributed by atoms with van der Waals surface area (Å²) in [5.74, 6) is -0.881. The van der Waals surface area contributed by atoms with Gasteiger partial charge < -0.3 is 15.7 Å². The minimum Gasteiger partial charge on any atom is -0.507 e. The summed E-state index contributed by atoms with van der Waals surface area (Å²) in [5.41, 5.74) is -0.665. The van der Waals surface area contributed by atoms with Crippen molar-refractivity contribution in [2.24, 2.45) is 7.05 Å². The highest BCUT2D eigenvalue weighted by atomic mass is 19.1. The van der Waals surface area contributed by atoms with Crippen LogP contribution in [0.3, 0.4) is 0 Å². The number of aromatic hydroxyl groups is 1. The van der Waals surface area contributed by atoms with E-state index in [1.54, 1.807) is 12.1 Å². The largest absolute Gasteiger partial charge is 0.507 e. The van der Waals surface area contributed by atoms with E-state index in [4.69, 9.17) is 0 Å². The molecule has 3 N–H and O–H groups in total. The first-order chi connectivity index (χ1) is 16.6. The summed E-state index contributed by atoms with van der Waals surface area (Å²) < 4.78 is 15.6. The number of rotatable bonds is 4. The highest BCUT2D eigenvalue weighted by molar-refractivity contribution is 6.06. The summed E-state index contributed by atoms with van der Waals surface area (Å²) in [6.07, 6.45) is 0. The van der Waals surface area contributed by atoms with Gasteiger partial charge in [0.25, 0.3) is 11.5 Å². The van der Waals surface area contributed by atoms with Crippen LogP contribution in [0.25, 0.3) is 5.69 Å². The summed E-state index contributed by atoms with van der Waals surface area (Å²) in [6.45, 7) is 11.6. The van der Waals surface area contributed by atoms with Gasteiger partial charge in [0.05, 0.1) is 5.69 Å². The molecule has 0 fully saturated rings. The first kappa shape index (κ1) is 26.7. The molecule has 192 valence electrons. The maximum Gasteiger partial charge on any atom is 0.337 e. The molecule has 36 heavy (non-hydrogen) atoms. The van der Waals surface area contributed by atoms with Crippen LogP contribution >= 0.6 is 0 Å². The second-order valence-electron chi connectivity index (χ2n) is 10.8. The molecular formula is C27H33FN4O4. The van der Waals surface area contributed by atoms with Crippen LogP contribution < -0.4 is 21.9 Å². The smallest absolute Gasteiger partial charge is 0.337 e. The molecule has 1 amide bonds. The molecule has 9 heteroatoms. The Hall–Kier alpha value is -3.88. The van der Waals surface area contributed by atoms with E-state index in [0.29, 0.717) is 16.8 Å². The van der Waals surface area contributed by atoms with Gasteiger partial charge in [-0.05, 0) is 47.2 Å². The molecule has 0 bridgehead atoms. The standard InChI is InChI=1S/C27H33FN4O4/c1-26(2,3)18-13-15(14-19(21(18)33)27(4,5)6)23(34)30-20-22(29-7)32(25(36)31(8)24(20)35)17-11-9-16(28)10-12-17/h9-14,29,33H,1-8H3,(H,30,34). The van der Waals surface area contributed by atoms with Crippen molar-refractivity contribution >= 4 is 17.4 Å². The van der Waals surface area contributed by atoms with E-state index in [9.17, 15) is 23.9 Å². The second kappa shape index (κ2) is 9.29. The third kappa shape index (κ3) is 4.91. The molecule has 3 aromatic rings. The molecule has 1 heterocycles. The molecule has 0 saturated heterocycles. The number of hydrogen-bond acceptors (Lipinski definition) is 5. The van der Waals surface area contributed by atoms with Crippen molar-refractivity contribution in [3.8, 4) is 11.4 Å². The van der Waals surface area contributed by atoms with Crippen LogP contribution in [0.1, 0.15) is 63.0 Å². The number of anilines is 2. The number of carbonyl (C=O) groups excluding carboxylic acids is 1. The fourth-order valence-electron chi connectivity index (χ4n) is 3.99. The Kier molecular flexibility index (Phi) is 6.90. The summed E-state index contributed by atoms with van der Waals surface area (Å²) in [6, 6.07) is 8.42. The van der Waals surface area contributed by atoms with E-state index >= 15 is 0 Å². The second-order valence-corrected chi connectivity index (χ2v) is 10.8. The van der Waals surface area contributed by atoms with Crippen LogP contribution in [0.2, 0.25) is 0 Å². The van der Waals surface area contributed by atoms with Crippen LogP contribution in [0.5, 0.6) is 5.75 Å². The van der Waals surface area contributed by atoms with Crippen LogP contribution in [-0.4, -0.2) is 27.2 Å². The monoisotopic (exact) mass is 496 g/mol. The Morgan fingerprint density at radius 3 is 1.89 bits per heavy atom. The topological polar surface area (TPSA) is 105 Å². The van der Waals surface area contributed by atoms with E-state index in [-0.39, 0.29) is 22.8 Å². The number of nitrogens with one attached hydrogen (secondary N) is 2. The van der Waals surface area contributed by atoms with E-state index in [1.165, 1.54) is 42.9 Å². The zero-order valence-electron chi connectivity index (χ0n) is 21.9. The van der Waals surface area contributed by atoms with Gasteiger partial charge in [0, 0.05) is 30.8 Å². The van der Waals surface area contributed by atoms with Gasteiger partial charge in [0.15, 0.2) is 0 Å². The Labute approximate surface area is 209 Å². The van der Waals surface area contributed by atoms with Crippen LogP contribution in [-0.2, 0) is 17.9 Å². The first-order valence-electron chi connectivity index (χ1n) is 11.6. The number of nitrogens with zero attached hydrogens (tertiary/aromatic N) is 2. The molecule has 3 rings (SSSR count). The number of hydrogen-bond donors (Lipinski definition) is 3. The summed E-state index contributed by atoms with van der Waals surface area (Å²) >= 11 is 0. The van der Waals surface area contributed by atoms with Crippen LogP contribution in [0, 0.1) is 5.82 Å². The molecule has 0 unspecified atom stereocenters. The lowest BCUT2D eigenvalue weighted by Gasteiger charge is -2.28. The zero-order chi connectivity index (χ0) is 27.2. The molecule has 0 atom stereocenters. The fraction of sp³-hybridized carbons (Fsp3) is 0.370. The van der Waals surface area contributed by atoms with Gasteiger partial charge in [-0.1, -0.05) is 41.5 Å². The minimum absolute atomic E-state index is 0.0499. The van der Waals surface area contributed by atoms with Crippen molar-refractivity contribution in [3.05, 3.63) is 79.7 Å². The number of phenols is 1. The van der Waals surface area contributed by atoms with Crippen molar-refractivity contribution in [3.63, 3.8) is 0 Å². The van der Waals surface area contributed by atoms with Gasteiger partial charge in [-0.3, -0.25) is 14.2 Å². The predicted octanol–water partition coefficient (Wildman–Crippen LogP) is 4.27. The number of amides is 1. The summed E-state index contributed by atoms with van der Waals surface area (Å²) in [4.78, 5) is 39.5. The third-order valence-corrected chi connectivity index (χ3v) is 6.01. The number of aromatic nitrogens is 2. The lowest BCUT2D eigenvalue weighted by atomic mass is 9.78. The Morgan fingerprint density at radius 1 is 0.944 bits per heavy atom. The summed E-state index contributed by atoms with van der Waals surface area (Å²) in [7, 11) is 2.82. The van der Waals surface area contributed by atoms with Crippen molar-refractivity contribution < 1.29 is 14.3 Å². The molecule has 0 saturated carbocycles. The van der Waals surface area contributed by atoms with Crippen molar-refractivity contribution in [2.45, 2.75) is 52.4 Å². The lowest BCUT2D eigenvalue weighted by molar-refractivity contribution is 0.102. The number of benzene rings is 2.